The zero-order valence-corrected chi connectivity index (χ0v) is 15.1. The third-order valence-electron chi connectivity index (χ3n) is 3.96. The molecule has 2 aromatic rings. The first-order valence-electron chi connectivity index (χ1n) is 8.37. The largest absolute Gasteiger partial charge is 0.344 e. The summed E-state index contributed by atoms with van der Waals surface area (Å²) in [6, 6.07) is 16.0. The van der Waals surface area contributed by atoms with Gasteiger partial charge in [-0.2, -0.15) is 5.26 Å². The maximum Gasteiger partial charge on any atom is 0.103 e. The molecule has 0 aromatic heterocycles. The number of rotatable bonds is 4. The molecule has 0 atom stereocenters. The molecule has 3 nitrogen and oxygen atoms in total. The van der Waals surface area contributed by atoms with E-state index in [-0.39, 0.29) is 0 Å². The molecule has 0 aliphatic rings. The Morgan fingerprint density at radius 2 is 1.50 bits per heavy atom. The maximum atomic E-state index is 8.88. The van der Waals surface area contributed by atoms with E-state index in [4.69, 9.17) is 10.3 Å². The molecule has 0 heterocycles. The molecule has 0 amide bonds. The highest BCUT2D eigenvalue weighted by Crippen LogP contribution is 2.34. The standard InChI is InChI=1S/C21H25N3/c1-14(2)19-7-6-8-20(15(3)4)21(19)24-16(5)23-18-11-9-17(13-22)10-12-18/h6-12,14-15H,1-5H3,(H,23,24). The summed E-state index contributed by atoms with van der Waals surface area (Å²) in [6.07, 6.45) is 0. The Morgan fingerprint density at radius 1 is 0.958 bits per heavy atom. The van der Waals surface area contributed by atoms with Crippen LogP contribution in [0.4, 0.5) is 11.4 Å². The molecule has 1 N–H and O–H groups in total. The number of hydrogen-bond acceptors (Lipinski definition) is 2. The first-order chi connectivity index (χ1) is 11.4. The van der Waals surface area contributed by atoms with Crippen LogP contribution in [0.2, 0.25) is 0 Å². The molecule has 0 aliphatic carbocycles. The number of nitrogens with one attached hydrogen (secondary N) is 1. The minimum absolute atomic E-state index is 0.421. The van der Waals surface area contributed by atoms with Gasteiger partial charge in [-0.3, -0.25) is 0 Å². The average molecular weight is 319 g/mol. The molecule has 3 heteroatoms. The topological polar surface area (TPSA) is 48.2 Å². The Balaban J connectivity index is 2.36. The minimum atomic E-state index is 0.421. The lowest BCUT2D eigenvalue weighted by Crippen LogP contribution is -2.07. The van der Waals surface area contributed by atoms with Gasteiger partial charge in [-0.1, -0.05) is 45.9 Å². The van der Waals surface area contributed by atoms with Crippen molar-refractivity contribution in [3.8, 4) is 6.07 Å². The number of amidine groups is 1. The Kier molecular flexibility index (Phi) is 5.76. The van der Waals surface area contributed by atoms with Gasteiger partial charge in [-0.05, 0) is 54.2 Å². The number of benzene rings is 2. The Bertz CT molecular complexity index is 736. The van der Waals surface area contributed by atoms with Gasteiger partial charge in [0.2, 0.25) is 0 Å². The van der Waals surface area contributed by atoms with Gasteiger partial charge in [0.25, 0.3) is 0 Å². The van der Waals surface area contributed by atoms with Gasteiger partial charge < -0.3 is 5.32 Å². The third kappa shape index (κ3) is 4.23. The van der Waals surface area contributed by atoms with E-state index in [0.29, 0.717) is 17.4 Å². The highest BCUT2D eigenvalue weighted by Gasteiger charge is 2.13. The number of para-hydroxylation sites is 1. The van der Waals surface area contributed by atoms with Gasteiger partial charge >= 0.3 is 0 Å². The van der Waals surface area contributed by atoms with Crippen molar-refractivity contribution in [3.63, 3.8) is 0 Å². The van der Waals surface area contributed by atoms with Gasteiger partial charge in [-0.15, -0.1) is 0 Å². The molecule has 0 bridgehead atoms. The van der Waals surface area contributed by atoms with Crippen LogP contribution in [0.3, 0.4) is 0 Å². The lowest BCUT2D eigenvalue weighted by molar-refractivity contribution is 0.834. The quantitative estimate of drug-likeness (QED) is 0.557. The zero-order chi connectivity index (χ0) is 17.7. The Labute approximate surface area is 145 Å². The Hall–Kier alpha value is -2.60. The lowest BCUT2D eigenvalue weighted by atomic mass is 9.93. The van der Waals surface area contributed by atoms with Crippen molar-refractivity contribution in [1.82, 2.24) is 0 Å². The number of hydrogen-bond donors (Lipinski definition) is 1. The highest BCUT2D eigenvalue weighted by molar-refractivity contribution is 5.95. The molecular formula is C21H25N3. The van der Waals surface area contributed by atoms with Crippen molar-refractivity contribution in [1.29, 1.82) is 5.26 Å². The third-order valence-corrected chi connectivity index (χ3v) is 3.96. The lowest BCUT2D eigenvalue weighted by Gasteiger charge is -2.17. The highest BCUT2D eigenvalue weighted by atomic mass is 15.0. The van der Waals surface area contributed by atoms with Crippen LogP contribution in [0.5, 0.6) is 0 Å². The van der Waals surface area contributed by atoms with Crippen LogP contribution >= 0.6 is 0 Å². The van der Waals surface area contributed by atoms with Gasteiger partial charge in [0, 0.05) is 5.69 Å². The molecule has 2 aromatic carbocycles. The molecule has 0 saturated carbocycles. The van der Waals surface area contributed by atoms with Crippen molar-refractivity contribution in [2.75, 3.05) is 5.32 Å². The first-order valence-corrected chi connectivity index (χ1v) is 8.37. The van der Waals surface area contributed by atoms with Crippen molar-refractivity contribution >= 4 is 17.2 Å². The van der Waals surface area contributed by atoms with E-state index in [9.17, 15) is 0 Å². The molecule has 0 radical (unpaired) electrons. The van der Waals surface area contributed by atoms with Crippen molar-refractivity contribution in [3.05, 3.63) is 59.2 Å². The van der Waals surface area contributed by atoms with Gasteiger partial charge in [-0.25, -0.2) is 4.99 Å². The van der Waals surface area contributed by atoms with E-state index in [1.54, 1.807) is 12.1 Å². The summed E-state index contributed by atoms with van der Waals surface area (Å²) in [7, 11) is 0. The molecule has 124 valence electrons. The minimum Gasteiger partial charge on any atom is -0.344 e. The fraction of sp³-hybridized carbons (Fsp3) is 0.333. The predicted molar refractivity (Wildman–Crippen MR) is 102 cm³/mol. The number of anilines is 1. The fourth-order valence-corrected chi connectivity index (χ4v) is 2.67. The summed E-state index contributed by atoms with van der Waals surface area (Å²) < 4.78 is 0. The maximum absolute atomic E-state index is 8.88. The SMILES string of the molecule is CC(=Nc1c(C(C)C)cccc1C(C)C)Nc1ccc(C#N)cc1. The van der Waals surface area contributed by atoms with Gasteiger partial charge in [0.05, 0.1) is 17.3 Å². The number of aliphatic imine (C=N–C) groups is 1. The van der Waals surface area contributed by atoms with E-state index < -0.39 is 0 Å². The van der Waals surface area contributed by atoms with Crippen LogP contribution in [0, 0.1) is 11.3 Å². The van der Waals surface area contributed by atoms with E-state index in [1.165, 1.54) is 11.1 Å². The van der Waals surface area contributed by atoms with Crippen LogP contribution < -0.4 is 5.32 Å². The van der Waals surface area contributed by atoms with E-state index in [1.807, 2.05) is 19.1 Å². The van der Waals surface area contributed by atoms with E-state index >= 15 is 0 Å². The van der Waals surface area contributed by atoms with Gasteiger partial charge in [0.1, 0.15) is 5.84 Å². The molecule has 0 saturated heterocycles. The second-order valence-corrected chi connectivity index (χ2v) is 6.61. The van der Waals surface area contributed by atoms with E-state index in [2.05, 4.69) is 57.3 Å². The zero-order valence-electron chi connectivity index (χ0n) is 15.1. The second kappa shape index (κ2) is 7.79. The predicted octanol–water partition coefficient (Wildman–Crippen LogP) is 5.97. The van der Waals surface area contributed by atoms with Crippen molar-refractivity contribution < 1.29 is 0 Å². The molecular weight excluding hydrogens is 294 g/mol. The summed E-state index contributed by atoms with van der Waals surface area (Å²) in [5, 5.41) is 12.2. The van der Waals surface area contributed by atoms with Crippen molar-refractivity contribution in [2.45, 2.75) is 46.5 Å². The number of nitrogens with zero attached hydrogens (tertiary/aromatic N) is 2. The van der Waals surface area contributed by atoms with Crippen LogP contribution in [-0.2, 0) is 0 Å². The smallest absolute Gasteiger partial charge is 0.103 e. The summed E-state index contributed by atoms with van der Waals surface area (Å²) in [6.45, 7) is 10.8. The van der Waals surface area contributed by atoms with Crippen molar-refractivity contribution in [2.24, 2.45) is 4.99 Å². The fourth-order valence-electron chi connectivity index (χ4n) is 2.67. The normalized spacial score (nSPS) is 11.7. The van der Waals surface area contributed by atoms with Crippen LogP contribution in [0.25, 0.3) is 0 Å². The molecule has 0 fully saturated rings. The summed E-state index contributed by atoms with van der Waals surface area (Å²) >= 11 is 0. The monoisotopic (exact) mass is 319 g/mol. The number of nitriles is 1. The van der Waals surface area contributed by atoms with Crippen LogP contribution in [0.1, 0.15) is 63.1 Å². The summed E-state index contributed by atoms with van der Waals surface area (Å²) in [5.74, 6) is 1.69. The molecule has 2 rings (SSSR count). The first kappa shape index (κ1) is 17.7. The van der Waals surface area contributed by atoms with Crippen LogP contribution in [-0.4, -0.2) is 5.84 Å². The second-order valence-electron chi connectivity index (χ2n) is 6.61. The van der Waals surface area contributed by atoms with E-state index in [0.717, 1.165) is 17.2 Å². The molecule has 0 unspecified atom stereocenters. The molecule has 0 spiro atoms. The molecule has 0 aliphatic heterocycles. The summed E-state index contributed by atoms with van der Waals surface area (Å²) in [4.78, 5) is 4.88. The van der Waals surface area contributed by atoms with Crippen LogP contribution in [0.15, 0.2) is 47.5 Å². The van der Waals surface area contributed by atoms with Gasteiger partial charge in [0.15, 0.2) is 0 Å². The Morgan fingerprint density at radius 3 is 1.96 bits per heavy atom. The average Bonchev–Trinajstić information content (AvgIpc) is 2.55. The summed E-state index contributed by atoms with van der Waals surface area (Å²) in [5.41, 5.74) is 5.19. The molecule has 24 heavy (non-hydrogen) atoms.